The van der Waals surface area contributed by atoms with Gasteiger partial charge in [-0.05, 0) is 43.3 Å². The van der Waals surface area contributed by atoms with E-state index in [4.69, 9.17) is 0 Å². The molecule has 20 heavy (non-hydrogen) atoms. The third kappa shape index (κ3) is 4.18. The molecule has 1 aromatic heterocycles. The maximum atomic E-state index is 9.43. The molecule has 0 amide bonds. The minimum Gasteiger partial charge on any atom is -0.308 e. The van der Waals surface area contributed by atoms with Gasteiger partial charge in [0.1, 0.15) is 5.25 Å². The molecule has 1 unspecified atom stereocenters. The Kier molecular flexibility index (Phi) is 5.80. The van der Waals surface area contributed by atoms with E-state index in [1.807, 2.05) is 14.1 Å². The van der Waals surface area contributed by atoms with Gasteiger partial charge < -0.3 is 4.90 Å². The van der Waals surface area contributed by atoms with Crippen molar-refractivity contribution in [1.29, 1.82) is 5.26 Å². The molecule has 1 aliphatic rings. The van der Waals surface area contributed by atoms with Gasteiger partial charge >= 0.3 is 0 Å². The molecule has 1 saturated carbocycles. The molecule has 0 aromatic carbocycles. The molecule has 1 atom stereocenters. The van der Waals surface area contributed by atoms with Crippen molar-refractivity contribution >= 4 is 11.8 Å². The summed E-state index contributed by atoms with van der Waals surface area (Å²) in [5.74, 6) is 0.484. The van der Waals surface area contributed by atoms with E-state index < -0.39 is 0 Å². The van der Waals surface area contributed by atoms with Crippen LogP contribution in [0.5, 0.6) is 0 Å². The van der Waals surface area contributed by atoms with Gasteiger partial charge in [0.25, 0.3) is 0 Å². The van der Waals surface area contributed by atoms with Gasteiger partial charge in [-0.15, -0.1) is 5.10 Å². The van der Waals surface area contributed by atoms with Crippen LogP contribution in [0.1, 0.15) is 32.1 Å². The summed E-state index contributed by atoms with van der Waals surface area (Å²) in [4.78, 5) is 2.10. The van der Waals surface area contributed by atoms with Gasteiger partial charge in [-0.3, -0.25) is 0 Å². The lowest BCUT2D eigenvalue weighted by Crippen LogP contribution is -2.21. The van der Waals surface area contributed by atoms with E-state index in [0.717, 1.165) is 31.1 Å². The van der Waals surface area contributed by atoms with Gasteiger partial charge in [0.05, 0.1) is 12.6 Å². The van der Waals surface area contributed by atoms with Crippen LogP contribution >= 0.6 is 11.8 Å². The summed E-state index contributed by atoms with van der Waals surface area (Å²) in [6, 6.07) is 2.45. The molecule has 1 aromatic rings. The average Bonchev–Trinajstić information content (AvgIpc) is 2.90. The Morgan fingerprint density at radius 1 is 1.40 bits per heavy atom. The smallest absolute Gasteiger partial charge is 0.210 e. The summed E-state index contributed by atoms with van der Waals surface area (Å²) in [6.45, 7) is 1.64. The molecule has 0 saturated heterocycles. The van der Waals surface area contributed by atoms with Gasteiger partial charge in [0, 0.05) is 6.54 Å². The van der Waals surface area contributed by atoms with Crippen molar-refractivity contribution in [3.63, 3.8) is 0 Å². The molecular weight excluding hydrogens is 272 g/mol. The van der Waals surface area contributed by atoms with E-state index in [1.165, 1.54) is 31.0 Å². The number of aromatic nitrogens is 4. The largest absolute Gasteiger partial charge is 0.308 e. The van der Waals surface area contributed by atoms with Crippen molar-refractivity contribution in [3.8, 4) is 6.07 Å². The van der Waals surface area contributed by atoms with Gasteiger partial charge in [-0.2, -0.15) is 5.26 Å². The molecule has 2 rings (SSSR count). The molecule has 0 spiro atoms. The zero-order valence-electron chi connectivity index (χ0n) is 12.2. The van der Waals surface area contributed by atoms with Crippen LogP contribution < -0.4 is 0 Å². The van der Waals surface area contributed by atoms with Gasteiger partial charge in [0.15, 0.2) is 0 Å². The Morgan fingerprint density at radius 3 is 2.80 bits per heavy atom. The summed E-state index contributed by atoms with van der Waals surface area (Å²) in [6.07, 6.45) is 6.11. The zero-order chi connectivity index (χ0) is 14.4. The summed E-state index contributed by atoms with van der Waals surface area (Å²) < 4.78 is 1.80. The van der Waals surface area contributed by atoms with Crippen LogP contribution in [-0.4, -0.2) is 51.0 Å². The highest BCUT2D eigenvalue weighted by Crippen LogP contribution is 2.34. The topological polar surface area (TPSA) is 70.6 Å². The maximum absolute atomic E-state index is 9.43. The van der Waals surface area contributed by atoms with E-state index >= 15 is 0 Å². The predicted molar refractivity (Wildman–Crippen MR) is 78.2 cm³/mol. The quantitative estimate of drug-likeness (QED) is 0.745. The fourth-order valence-corrected chi connectivity index (χ4v) is 3.57. The molecule has 0 bridgehead atoms. The second-order valence-corrected chi connectivity index (χ2v) is 6.66. The lowest BCUT2D eigenvalue weighted by Gasteiger charge is -2.24. The average molecular weight is 294 g/mol. The Hall–Kier alpha value is -1.13. The van der Waals surface area contributed by atoms with Crippen LogP contribution in [0.2, 0.25) is 0 Å². The molecule has 1 fully saturated rings. The molecule has 1 aliphatic carbocycles. The monoisotopic (exact) mass is 294 g/mol. The molecule has 0 radical (unpaired) electrons. The SMILES string of the molecule is CN(C)CCn1nnnc1SC(C#N)C1CCCCC1. The molecule has 0 aliphatic heterocycles. The standard InChI is InChI=1S/C13H22N6S/c1-18(2)8-9-19-13(15-16-17-19)20-12(10-14)11-6-4-3-5-7-11/h11-12H,3-9H2,1-2H3. The fourth-order valence-electron chi connectivity index (χ4n) is 2.49. The van der Waals surface area contributed by atoms with Crippen LogP contribution in [0.4, 0.5) is 0 Å². The van der Waals surface area contributed by atoms with Crippen molar-refractivity contribution in [2.45, 2.75) is 49.1 Å². The van der Waals surface area contributed by atoms with E-state index in [1.54, 1.807) is 4.68 Å². The van der Waals surface area contributed by atoms with Crippen molar-refractivity contribution in [3.05, 3.63) is 0 Å². The normalized spacial score (nSPS) is 18.1. The highest BCUT2D eigenvalue weighted by molar-refractivity contribution is 8.00. The predicted octanol–water partition coefficient (Wildman–Crippen LogP) is 1.80. The number of nitrogens with zero attached hydrogens (tertiary/aromatic N) is 6. The summed E-state index contributed by atoms with van der Waals surface area (Å²) in [5, 5.41) is 22.0. The number of hydrogen-bond acceptors (Lipinski definition) is 6. The maximum Gasteiger partial charge on any atom is 0.210 e. The first-order valence-electron chi connectivity index (χ1n) is 7.18. The van der Waals surface area contributed by atoms with E-state index in [2.05, 4.69) is 26.5 Å². The third-order valence-corrected chi connectivity index (χ3v) is 4.94. The molecule has 6 nitrogen and oxygen atoms in total. The Bertz CT molecular complexity index is 446. The third-order valence-electron chi connectivity index (χ3n) is 3.70. The molecule has 110 valence electrons. The minimum atomic E-state index is -0.0283. The Balaban J connectivity index is 1.97. The van der Waals surface area contributed by atoms with Crippen molar-refractivity contribution in [2.24, 2.45) is 5.92 Å². The van der Waals surface area contributed by atoms with Gasteiger partial charge in [-0.25, -0.2) is 4.68 Å². The number of thioether (sulfide) groups is 1. The summed E-state index contributed by atoms with van der Waals surface area (Å²) in [7, 11) is 4.05. The van der Waals surface area contributed by atoms with Crippen molar-refractivity contribution in [1.82, 2.24) is 25.1 Å². The van der Waals surface area contributed by atoms with E-state index in [0.29, 0.717) is 5.92 Å². The molecule has 7 heteroatoms. The lowest BCUT2D eigenvalue weighted by molar-refractivity contribution is 0.359. The second-order valence-electron chi connectivity index (χ2n) is 5.55. The van der Waals surface area contributed by atoms with Crippen LogP contribution in [0.15, 0.2) is 5.16 Å². The fraction of sp³-hybridized carbons (Fsp3) is 0.846. The molecule has 0 N–H and O–H groups in total. The highest BCUT2D eigenvalue weighted by atomic mass is 32.2. The van der Waals surface area contributed by atoms with Crippen LogP contribution in [-0.2, 0) is 6.54 Å². The molecule has 1 heterocycles. The number of tetrazole rings is 1. The number of likely N-dealkylation sites (N-methyl/N-ethyl adjacent to an activating group) is 1. The second kappa shape index (κ2) is 7.60. The lowest BCUT2D eigenvalue weighted by atomic mass is 9.87. The van der Waals surface area contributed by atoms with Crippen LogP contribution in [0, 0.1) is 17.2 Å². The van der Waals surface area contributed by atoms with Crippen LogP contribution in [0.3, 0.4) is 0 Å². The van der Waals surface area contributed by atoms with Crippen LogP contribution in [0.25, 0.3) is 0 Å². The van der Waals surface area contributed by atoms with E-state index in [9.17, 15) is 5.26 Å². The van der Waals surface area contributed by atoms with E-state index in [-0.39, 0.29) is 5.25 Å². The number of hydrogen-bond donors (Lipinski definition) is 0. The first kappa shape index (κ1) is 15.3. The summed E-state index contributed by atoms with van der Waals surface area (Å²) in [5.41, 5.74) is 0. The highest BCUT2D eigenvalue weighted by Gasteiger charge is 2.26. The number of nitriles is 1. The summed E-state index contributed by atoms with van der Waals surface area (Å²) >= 11 is 1.53. The Labute approximate surface area is 124 Å². The first-order chi connectivity index (χ1) is 9.70. The number of rotatable bonds is 6. The minimum absolute atomic E-state index is 0.0283. The van der Waals surface area contributed by atoms with Gasteiger partial charge in [0.2, 0.25) is 5.16 Å². The van der Waals surface area contributed by atoms with Crippen molar-refractivity contribution < 1.29 is 0 Å². The zero-order valence-corrected chi connectivity index (χ0v) is 13.0. The van der Waals surface area contributed by atoms with Crippen molar-refractivity contribution in [2.75, 3.05) is 20.6 Å². The Morgan fingerprint density at radius 2 is 2.15 bits per heavy atom. The first-order valence-corrected chi connectivity index (χ1v) is 8.06. The molecular formula is C13H22N6S. The van der Waals surface area contributed by atoms with Gasteiger partial charge in [-0.1, -0.05) is 31.0 Å².